The Morgan fingerprint density at radius 1 is 1.21 bits per heavy atom. The van der Waals surface area contributed by atoms with Crippen LogP contribution in [0.15, 0.2) is 24.3 Å². The van der Waals surface area contributed by atoms with Crippen LogP contribution < -0.4 is 4.74 Å². The molecule has 0 bridgehead atoms. The average molecular weight is 388 g/mol. The molecule has 0 radical (unpaired) electrons. The van der Waals surface area contributed by atoms with Gasteiger partial charge in [-0.1, -0.05) is 26.0 Å². The minimum absolute atomic E-state index is 0.0390. The summed E-state index contributed by atoms with van der Waals surface area (Å²) in [6.07, 6.45) is 1.96. The lowest BCUT2D eigenvalue weighted by Crippen LogP contribution is -2.61. The zero-order valence-corrected chi connectivity index (χ0v) is 17.7. The maximum Gasteiger partial charge on any atom is 0.245 e. The van der Waals surface area contributed by atoms with Crippen molar-refractivity contribution in [1.29, 1.82) is 0 Å². The van der Waals surface area contributed by atoms with E-state index >= 15 is 0 Å². The summed E-state index contributed by atoms with van der Waals surface area (Å²) >= 11 is 0. The molecule has 6 nitrogen and oxygen atoms in total. The number of carbonyl (C=O) groups is 2. The third kappa shape index (κ3) is 4.32. The number of likely N-dealkylation sites (N-methyl/N-ethyl adjacent to an activating group) is 1. The largest absolute Gasteiger partial charge is 0.497 e. The summed E-state index contributed by atoms with van der Waals surface area (Å²) in [5.41, 5.74) is 0.946. The van der Waals surface area contributed by atoms with Crippen molar-refractivity contribution < 1.29 is 14.3 Å². The second-order valence-electron chi connectivity index (χ2n) is 8.71. The fourth-order valence-corrected chi connectivity index (χ4v) is 4.36. The molecule has 6 heteroatoms. The number of methoxy groups -OCH3 is 1. The Morgan fingerprint density at radius 3 is 2.46 bits per heavy atom. The van der Waals surface area contributed by atoms with Crippen LogP contribution in [0.1, 0.15) is 32.3 Å². The monoisotopic (exact) mass is 387 g/mol. The molecule has 0 aliphatic carbocycles. The summed E-state index contributed by atoms with van der Waals surface area (Å²) in [7, 11) is 5.75. The number of hydrogen-bond donors (Lipinski definition) is 0. The molecule has 2 saturated heterocycles. The molecule has 2 aliphatic heterocycles. The van der Waals surface area contributed by atoms with E-state index in [4.69, 9.17) is 4.74 Å². The highest BCUT2D eigenvalue weighted by molar-refractivity contribution is 5.90. The quantitative estimate of drug-likeness (QED) is 0.750. The Morgan fingerprint density at radius 2 is 1.89 bits per heavy atom. The van der Waals surface area contributed by atoms with E-state index in [-0.39, 0.29) is 23.9 Å². The molecule has 2 aliphatic rings. The fourth-order valence-electron chi connectivity index (χ4n) is 4.36. The molecule has 2 amide bonds. The number of nitrogens with zero attached hydrogens (tertiary/aromatic N) is 3. The summed E-state index contributed by atoms with van der Waals surface area (Å²) in [6, 6.07) is 7.73. The SMILES string of the molecule is COc1ccc(CC(=O)N2C[C@@H]3C[C@H](N(C)C)CN3C(=O)[C@@H]2CC(C)C)cc1. The molecule has 2 fully saturated rings. The van der Waals surface area contributed by atoms with Crippen molar-refractivity contribution in [2.75, 3.05) is 34.3 Å². The number of carbonyl (C=O) groups excluding carboxylic acids is 2. The minimum Gasteiger partial charge on any atom is -0.497 e. The van der Waals surface area contributed by atoms with Crippen LogP contribution in [0.2, 0.25) is 0 Å². The van der Waals surface area contributed by atoms with Crippen LogP contribution in [-0.2, 0) is 16.0 Å². The van der Waals surface area contributed by atoms with Crippen LogP contribution in [0.25, 0.3) is 0 Å². The van der Waals surface area contributed by atoms with Gasteiger partial charge in [-0.05, 0) is 50.6 Å². The molecular weight excluding hydrogens is 354 g/mol. The minimum atomic E-state index is -0.345. The third-order valence-corrected chi connectivity index (χ3v) is 6.00. The van der Waals surface area contributed by atoms with Crippen LogP contribution in [0, 0.1) is 5.92 Å². The van der Waals surface area contributed by atoms with E-state index in [0.717, 1.165) is 24.3 Å². The Labute approximate surface area is 168 Å². The van der Waals surface area contributed by atoms with E-state index in [0.29, 0.717) is 31.3 Å². The maximum absolute atomic E-state index is 13.3. The molecule has 3 atom stereocenters. The highest BCUT2D eigenvalue weighted by Crippen LogP contribution is 2.30. The van der Waals surface area contributed by atoms with Gasteiger partial charge in [0.2, 0.25) is 11.8 Å². The molecule has 28 heavy (non-hydrogen) atoms. The predicted molar refractivity (Wildman–Crippen MR) is 109 cm³/mol. The number of amides is 2. The predicted octanol–water partition coefficient (Wildman–Crippen LogP) is 2.03. The first-order valence-corrected chi connectivity index (χ1v) is 10.2. The van der Waals surface area contributed by atoms with Crippen LogP contribution in [0.5, 0.6) is 5.75 Å². The van der Waals surface area contributed by atoms with Gasteiger partial charge in [-0.25, -0.2) is 0 Å². The topological polar surface area (TPSA) is 53.1 Å². The normalized spacial score (nSPS) is 24.8. The van der Waals surface area contributed by atoms with Crippen molar-refractivity contribution in [3.8, 4) is 5.75 Å². The van der Waals surface area contributed by atoms with Gasteiger partial charge in [-0.15, -0.1) is 0 Å². The van der Waals surface area contributed by atoms with Crippen molar-refractivity contribution in [2.45, 2.75) is 51.2 Å². The number of rotatable bonds is 6. The number of piperazine rings is 1. The first-order chi connectivity index (χ1) is 13.3. The van der Waals surface area contributed by atoms with Crippen LogP contribution in [0.4, 0.5) is 0 Å². The lowest BCUT2D eigenvalue weighted by Gasteiger charge is -2.43. The van der Waals surface area contributed by atoms with Gasteiger partial charge in [0.1, 0.15) is 11.8 Å². The van der Waals surface area contributed by atoms with Crippen LogP contribution >= 0.6 is 0 Å². The Balaban J connectivity index is 1.77. The smallest absolute Gasteiger partial charge is 0.245 e. The molecule has 0 unspecified atom stereocenters. The van der Waals surface area contributed by atoms with Gasteiger partial charge in [-0.3, -0.25) is 9.59 Å². The highest BCUT2D eigenvalue weighted by Gasteiger charge is 2.47. The fraction of sp³-hybridized carbons (Fsp3) is 0.636. The summed E-state index contributed by atoms with van der Waals surface area (Å²) < 4.78 is 5.19. The first-order valence-electron chi connectivity index (χ1n) is 10.2. The standard InChI is InChI=1S/C22H33N3O3/c1-15(2)10-20-22(27)24-13-17(23(3)4)12-18(24)14-25(20)21(26)11-16-6-8-19(28-5)9-7-16/h6-9,15,17-18,20H,10-14H2,1-5H3/t17-,18-,20-/m0/s1. The molecule has 0 N–H and O–H groups in total. The molecule has 2 heterocycles. The van der Waals surface area contributed by atoms with Gasteiger partial charge in [0, 0.05) is 19.1 Å². The van der Waals surface area contributed by atoms with Gasteiger partial charge in [0.05, 0.1) is 19.6 Å². The second kappa shape index (κ2) is 8.52. The number of fused-ring (bicyclic) bond motifs is 1. The zero-order valence-electron chi connectivity index (χ0n) is 17.7. The van der Waals surface area contributed by atoms with Gasteiger partial charge in [-0.2, -0.15) is 0 Å². The summed E-state index contributed by atoms with van der Waals surface area (Å²) in [5.74, 6) is 1.29. The molecule has 0 aromatic heterocycles. The molecule has 0 saturated carbocycles. The molecule has 0 spiro atoms. The van der Waals surface area contributed by atoms with E-state index in [1.54, 1.807) is 7.11 Å². The van der Waals surface area contributed by atoms with E-state index in [9.17, 15) is 9.59 Å². The van der Waals surface area contributed by atoms with Crippen LogP contribution in [0.3, 0.4) is 0 Å². The van der Waals surface area contributed by atoms with E-state index in [2.05, 4.69) is 32.8 Å². The highest BCUT2D eigenvalue weighted by atomic mass is 16.5. The Kier molecular flexibility index (Phi) is 6.28. The Bertz CT molecular complexity index is 701. The van der Waals surface area contributed by atoms with Crippen molar-refractivity contribution in [1.82, 2.24) is 14.7 Å². The summed E-state index contributed by atoms with van der Waals surface area (Å²) in [4.78, 5) is 32.5. The van der Waals surface area contributed by atoms with Crippen LogP contribution in [-0.4, -0.2) is 78.9 Å². The molecular formula is C22H33N3O3. The lowest BCUT2D eigenvalue weighted by atomic mass is 9.96. The van der Waals surface area contributed by atoms with Gasteiger partial charge in [0.15, 0.2) is 0 Å². The summed E-state index contributed by atoms with van der Waals surface area (Å²) in [5, 5.41) is 0. The van der Waals surface area contributed by atoms with Crippen molar-refractivity contribution >= 4 is 11.8 Å². The molecule has 3 rings (SSSR count). The van der Waals surface area contributed by atoms with Gasteiger partial charge >= 0.3 is 0 Å². The van der Waals surface area contributed by atoms with Crippen molar-refractivity contribution in [3.05, 3.63) is 29.8 Å². The van der Waals surface area contributed by atoms with E-state index in [1.165, 1.54) is 0 Å². The van der Waals surface area contributed by atoms with Gasteiger partial charge in [0.25, 0.3) is 0 Å². The van der Waals surface area contributed by atoms with E-state index in [1.807, 2.05) is 34.1 Å². The zero-order chi connectivity index (χ0) is 20.4. The number of hydrogen-bond acceptors (Lipinski definition) is 4. The third-order valence-electron chi connectivity index (χ3n) is 6.00. The van der Waals surface area contributed by atoms with Crippen molar-refractivity contribution in [2.24, 2.45) is 5.92 Å². The summed E-state index contributed by atoms with van der Waals surface area (Å²) in [6.45, 7) is 5.63. The second-order valence-corrected chi connectivity index (χ2v) is 8.71. The van der Waals surface area contributed by atoms with Gasteiger partial charge < -0.3 is 19.4 Å². The first kappa shape index (κ1) is 20.6. The molecule has 1 aromatic carbocycles. The number of benzene rings is 1. The van der Waals surface area contributed by atoms with Crippen molar-refractivity contribution in [3.63, 3.8) is 0 Å². The lowest BCUT2D eigenvalue weighted by molar-refractivity contribution is -0.154. The average Bonchev–Trinajstić information content (AvgIpc) is 3.09. The maximum atomic E-state index is 13.3. The molecule has 1 aromatic rings. The Hall–Kier alpha value is -2.08. The molecule has 154 valence electrons. The van der Waals surface area contributed by atoms with E-state index < -0.39 is 0 Å². The number of ether oxygens (including phenoxy) is 1.